The maximum Gasteiger partial charge on any atom is 0.204 e. The molecule has 0 radical (unpaired) electrons. The van der Waals surface area contributed by atoms with Crippen molar-refractivity contribution in [3.8, 4) is 11.4 Å². The van der Waals surface area contributed by atoms with Gasteiger partial charge in [0.25, 0.3) is 0 Å². The zero-order valence-corrected chi connectivity index (χ0v) is 15.4. The molecule has 5 nitrogen and oxygen atoms in total. The second-order valence-electron chi connectivity index (χ2n) is 6.19. The molecule has 0 unspecified atom stereocenters. The number of hydrogen-bond acceptors (Lipinski definition) is 4. The quantitative estimate of drug-likeness (QED) is 0.661. The van der Waals surface area contributed by atoms with Gasteiger partial charge in [-0.3, -0.25) is 4.79 Å². The van der Waals surface area contributed by atoms with Gasteiger partial charge in [0.15, 0.2) is 5.78 Å². The first-order valence-electron chi connectivity index (χ1n) is 8.01. The van der Waals surface area contributed by atoms with E-state index in [1.807, 2.05) is 39.0 Å². The number of aromatic nitrogens is 4. The summed E-state index contributed by atoms with van der Waals surface area (Å²) < 4.78 is 0. The molecule has 0 bridgehead atoms. The molecule has 0 aliphatic heterocycles. The Bertz CT molecular complexity index is 962. The third kappa shape index (κ3) is 3.46. The van der Waals surface area contributed by atoms with Gasteiger partial charge >= 0.3 is 0 Å². The summed E-state index contributed by atoms with van der Waals surface area (Å²) in [7, 11) is 0. The van der Waals surface area contributed by atoms with Crippen molar-refractivity contribution in [2.24, 2.45) is 0 Å². The Morgan fingerprint density at radius 3 is 2.56 bits per heavy atom. The molecule has 0 saturated heterocycles. The molecule has 0 spiro atoms. The standard InChI is InChI=1S/C19H19ClN4O/c1-11-8-17(14(4)13(3)12(11)2)18(25)10-24-22-19(21-23-24)15-6-5-7-16(20)9-15/h5-9H,10H2,1-4H3. The zero-order chi connectivity index (χ0) is 18.1. The average molecular weight is 355 g/mol. The topological polar surface area (TPSA) is 60.7 Å². The summed E-state index contributed by atoms with van der Waals surface area (Å²) in [4.78, 5) is 14.0. The van der Waals surface area contributed by atoms with Crippen molar-refractivity contribution in [3.63, 3.8) is 0 Å². The molecule has 0 aliphatic carbocycles. The zero-order valence-electron chi connectivity index (χ0n) is 14.7. The maximum absolute atomic E-state index is 12.7. The Morgan fingerprint density at radius 2 is 1.84 bits per heavy atom. The summed E-state index contributed by atoms with van der Waals surface area (Å²) in [5.41, 5.74) is 5.96. The van der Waals surface area contributed by atoms with Gasteiger partial charge in [-0.2, -0.15) is 4.80 Å². The molecule has 0 atom stereocenters. The van der Waals surface area contributed by atoms with Crippen molar-refractivity contribution in [1.82, 2.24) is 20.2 Å². The Kier molecular flexibility index (Phi) is 4.68. The van der Waals surface area contributed by atoms with Gasteiger partial charge < -0.3 is 0 Å². The number of benzene rings is 2. The van der Waals surface area contributed by atoms with Crippen LogP contribution in [0.4, 0.5) is 0 Å². The van der Waals surface area contributed by atoms with E-state index < -0.39 is 0 Å². The summed E-state index contributed by atoms with van der Waals surface area (Å²) in [6.07, 6.45) is 0. The number of hydrogen-bond donors (Lipinski definition) is 0. The van der Waals surface area contributed by atoms with Crippen molar-refractivity contribution in [2.45, 2.75) is 34.2 Å². The predicted molar refractivity (Wildman–Crippen MR) is 98.0 cm³/mol. The lowest BCUT2D eigenvalue weighted by Gasteiger charge is -2.13. The third-order valence-electron chi connectivity index (χ3n) is 4.60. The van der Waals surface area contributed by atoms with Crippen molar-refractivity contribution in [2.75, 3.05) is 0 Å². The first-order chi connectivity index (χ1) is 11.9. The molecule has 1 heterocycles. The molecular weight excluding hydrogens is 336 g/mol. The minimum atomic E-state index is -0.0289. The van der Waals surface area contributed by atoms with Crippen LogP contribution in [0.1, 0.15) is 32.6 Å². The number of rotatable bonds is 4. The Balaban J connectivity index is 1.85. The fraction of sp³-hybridized carbons (Fsp3) is 0.263. The molecule has 0 amide bonds. The number of nitrogens with zero attached hydrogens (tertiary/aromatic N) is 4. The van der Waals surface area contributed by atoms with E-state index in [2.05, 4.69) is 22.3 Å². The van der Waals surface area contributed by atoms with E-state index in [9.17, 15) is 4.79 Å². The van der Waals surface area contributed by atoms with Crippen molar-refractivity contribution in [3.05, 3.63) is 63.2 Å². The van der Waals surface area contributed by atoms with E-state index in [0.29, 0.717) is 16.4 Å². The van der Waals surface area contributed by atoms with E-state index in [1.165, 1.54) is 10.4 Å². The van der Waals surface area contributed by atoms with Crippen LogP contribution in [0.25, 0.3) is 11.4 Å². The Hall–Kier alpha value is -2.53. The van der Waals surface area contributed by atoms with Crippen LogP contribution in [-0.4, -0.2) is 26.0 Å². The fourth-order valence-electron chi connectivity index (χ4n) is 2.77. The number of Topliss-reactive ketones (excluding diaryl/α,β-unsaturated/α-hetero) is 1. The summed E-state index contributed by atoms with van der Waals surface area (Å²) in [6, 6.07) is 9.16. The van der Waals surface area contributed by atoms with Crippen molar-refractivity contribution >= 4 is 17.4 Å². The summed E-state index contributed by atoms with van der Waals surface area (Å²) >= 11 is 5.99. The largest absolute Gasteiger partial charge is 0.292 e. The van der Waals surface area contributed by atoms with Gasteiger partial charge in [-0.15, -0.1) is 10.2 Å². The van der Waals surface area contributed by atoms with E-state index >= 15 is 0 Å². The van der Waals surface area contributed by atoms with Crippen LogP contribution in [0.3, 0.4) is 0 Å². The monoisotopic (exact) mass is 354 g/mol. The van der Waals surface area contributed by atoms with Crippen LogP contribution in [0.2, 0.25) is 5.02 Å². The second kappa shape index (κ2) is 6.76. The lowest BCUT2D eigenvalue weighted by atomic mass is 9.93. The highest BCUT2D eigenvalue weighted by atomic mass is 35.5. The summed E-state index contributed by atoms with van der Waals surface area (Å²) in [5.74, 6) is 0.419. The molecule has 0 aliphatic rings. The van der Waals surface area contributed by atoms with E-state index in [4.69, 9.17) is 11.6 Å². The highest BCUT2D eigenvalue weighted by Gasteiger charge is 2.16. The smallest absolute Gasteiger partial charge is 0.204 e. The number of aryl methyl sites for hydroxylation is 1. The molecule has 3 aromatic rings. The van der Waals surface area contributed by atoms with Gasteiger partial charge in [-0.05, 0) is 73.4 Å². The second-order valence-corrected chi connectivity index (χ2v) is 6.63. The molecule has 128 valence electrons. The minimum Gasteiger partial charge on any atom is -0.292 e. The minimum absolute atomic E-state index is 0.0289. The number of tetrazole rings is 1. The molecule has 2 aromatic carbocycles. The van der Waals surface area contributed by atoms with Crippen LogP contribution >= 0.6 is 11.6 Å². The lowest BCUT2D eigenvalue weighted by Crippen LogP contribution is -2.15. The van der Waals surface area contributed by atoms with Gasteiger partial charge in [0.1, 0.15) is 6.54 Å². The number of ketones is 1. The molecule has 0 fully saturated rings. The highest BCUT2D eigenvalue weighted by molar-refractivity contribution is 6.30. The number of halogens is 1. The van der Waals surface area contributed by atoms with Crippen LogP contribution in [0.15, 0.2) is 30.3 Å². The van der Waals surface area contributed by atoms with Crippen molar-refractivity contribution < 1.29 is 4.79 Å². The molecule has 6 heteroatoms. The normalized spacial score (nSPS) is 10.9. The first kappa shape index (κ1) is 17.3. The van der Waals surface area contributed by atoms with Crippen molar-refractivity contribution in [1.29, 1.82) is 0 Å². The predicted octanol–water partition coefficient (Wildman–Crippen LogP) is 4.11. The van der Waals surface area contributed by atoms with E-state index in [0.717, 1.165) is 22.3 Å². The molecular formula is C19H19ClN4O. The van der Waals surface area contributed by atoms with Gasteiger partial charge in [-0.1, -0.05) is 23.7 Å². The summed E-state index contributed by atoms with van der Waals surface area (Å²) in [6.45, 7) is 8.16. The fourth-order valence-corrected chi connectivity index (χ4v) is 2.96. The maximum atomic E-state index is 12.7. The van der Waals surface area contributed by atoms with Gasteiger partial charge in [-0.25, -0.2) is 0 Å². The SMILES string of the molecule is Cc1cc(C(=O)Cn2nnc(-c3cccc(Cl)c3)n2)c(C)c(C)c1C. The molecule has 3 rings (SSSR count). The van der Waals surface area contributed by atoms with Crippen LogP contribution in [0.5, 0.6) is 0 Å². The van der Waals surface area contributed by atoms with Crippen LogP contribution in [0, 0.1) is 27.7 Å². The van der Waals surface area contributed by atoms with Gasteiger partial charge in [0.2, 0.25) is 5.82 Å². The van der Waals surface area contributed by atoms with E-state index in [-0.39, 0.29) is 12.3 Å². The molecule has 0 saturated carbocycles. The lowest BCUT2D eigenvalue weighted by molar-refractivity contribution is 0.0960. The summed E-state index contributed by atoms with van der Waals surface area (Å²) in [5, 5.41) is 12.9. The molecule has 25 heavy (non-hydrogen) atoms. The average Bonchev–Trinajstić information content (AvgIpc) is 3.04. The highest BCUT2D eigenvalue weighted by Crippen LogP contribution is 2.22. The molecule has 0 N–H and O–H groups in total. The molecule has 1 aromatic heterocycles. The third-order valence-corrected chi connectivity index (χ3v) is 4.84. The van der Waals surface area contributed by atoms with Gasteiger partial charge in [0, 0.05) is 16.1 Å². The first-order valence-corrected chi connectivity index (χ1v) is 8.39. The Morgan fingerprint density at radius 1 is 1.08 bits per heavy atom. The number of carbonyl (C=O) groups is 1. The van der Waals surface area contributed by atoms with Crippen LogP contribution in [-0.2, 0) is 6.54 Å². The Labute approximate surface area is 151 Å². The van der Waals surface area contributed by atoms with E-state index in [1.54, 1.807) is 12.1 Å². The van der Waals surface area contributed by atoms with Crippen LogP contribution < -0.4 is 0 Å². The van der Waals surface area contributed by atoms with Gasteiger partial charge in [0.05, 0.1) is 0 Å². The number of carbonyl (C=O) groups excluding carboxylic acids is 1.